The van der Waals surface area contributed by atoms with Gasteiger partial charge in [-0.1, -0.05) is 22.6 Å². The molecule has 0 N–H and O–H groups in total. The molecule has 2 nitrogen and oxygen atoms in total. The van der Waals surface area contributed by atoms with Crippen LogP contribution in [0.2, 0.25) is 0 Å². The molecule has 0 bridgehead atoms. The first-order chi connectivity index (χ1) is 4.83. The third-order valence-corrected chi connectivity index (χ3v) is 3.11. The second-order valence-electron chi connectivity index (χ2n) is 2.63. The van der Waals surface area contributed by atoms with Gasteiger partial charge in [-0.3, -0.25) is 0 Å². The Kier molecular flexibility index (Phi) is 3.35. The van der Waals surface area contributed by atoms with Crippen LogP contribution in [-0.2, 0) is 4.79 Å². The van der Waals surface area contributed by atoms with Crippen LogP contribution in [0.3, 0.4) is 0 Å². The molecule has 0 aromatic heterocycles. The average molecular weight is 251 g/mol. The van der Waals surface area contributed by atoms with Gasteiger partial charge in [0.2, 0.25) is 6.08 Å². The third-order valence-electron chi connectivity index (χ3n) is 1.86. The van der Waals surface area contributed by atoms with Crippen molar-refractivity contribution in [3.05, 3.63) is 0 Å². The maximum atomic E-state index is 9.86. The fourth-order valence-electron chi connectivity index (χ4n) is 1.24. The van der Waals surface area contributed by atoms with Crippen LogP contribution >= 0.6 is 22.6 Å². The number of nitrogens with zero attached hydrogens (tertiary/aromatic N) is 1. The van der Waals surface area contributed by atoms with Crippen molar-refractivity contribution in [3.8, 4) is 0 Å². The molecule has 0 saturated heterocycles. The van der Waals surface area contributed by atoms with Gasteiger partial charge in [-0.25, -0.2) is 9.79 Å². The van der Waals surface area contributed by atoms with E-state index >= 15 is 0 Å². The van der Waals surface area contributed by atoms with Gasteiger partial charge in [0.05, 0.1) is 6.04 Å². The first kappa shape index (κ1) is 8.21. The van der Waals surface area contributed by atoms with E-state index in [9.17, 15) is 4.79 Å². The Morgan fingerprint density at radius 2 is 1.90 bits per heavy atom. The highest BCUT2D eigenvalue weighted by Gasteiger charge is 2.17. The monoisotopic (exact) mass is 251 g/mol. The van der Waals surface area contributed by atoms with Crippen LogP contribution in [0.1, 0.15) is 25.7 Å². The summed E-state index contributed by atoms with van der Waals surface area (Å²) in [6.45, 7) is 0. The van der Waals surface area contributed by atoms with Gasteiger partial charge >= 0.3 is 0 Å². The lowest BCUT2D eigenvalue weighted by molar-refractivity contribution is 0.456. The van der Waals surface area contributed by atoms with E-state index in [2.05, 4.69) is 27.6 Å². The van der Waals surface area contributed by atoms with E-state index < -0.39 is 0 Å². The fourth-order valence-corrected chi connectivity index (χ4v) is 1.96. The summed E-state index contributed by atoms with van der Waals surface area (Å²) in [6, 6.07) is 0.281. The summed E-state index contributed by atoms with van der Waals surface area (Å²) in [6.07, 6.45) is 6.18. The average Bonchev–Trinajstić information content (AvgIpc) is 1.95. The van der Waals surface area contributed by atoms with Crippen LogP contribution in [0.25, 0.3) is 0 Å². The minimum absolute atomic E-state index is 0.281. The molecule has 1 saturated carbocycles. The number of rotatable bonds is 1. The van der Waals surface area contributed by atoms with Gasteiger partial charge in [0.15, 0.2) is 0 Å². The van der Waals surface area contributed by atoms with E-state index in [1.807, 2.05) is 0 Å². The van der Waals surface area contributed by atoms with Gasteiger partial charge < -0.3 is 0 Å². The minimum atomic E-state index is 0.281. The van der Waals surface area contributed by atoms with Crippen LogP contribution in [0.4, 0.5) is 0 Å². The molecule has 0 spiro atoms. The molecule has 0 amide bonds. The molecule has 0 aromatic rings. The maximum absolute atomic E-state index is 9.86. The molecule has 1 aliphatic rings. The van der Waals surface area contributed by atoms with Crippen LogP contribution in [0.15, 0.2) is 4.99 Å². The van der Waals surface area contributed by atoms with Gasteiger partial charge in [0.1, 0.15) is 0 Å². The van der Waals surface area contributed by atoms with Crippen molar-refractivity contribution in [1.29, 1.82) is 0 Å². The molecule has 56 valence electrons. The van der Waals surface area contributed by atoms with Gasteiger partial charge in [0.25, 0.3) is 0 Å². The standard InChI is InChI=1S/C7H10INO/c8-6-1-3-7(4-2-6)9-5-10/h6-7H,1-4H2. The van der Waals surface area contributed by atoms with Gasteiger partial charge in [-0.2, -0.15) is 0 Å². The van der Waals surface area contributed by atoms with Gasteiger partial charge in [0, 0.05) is 3.92 Å². The second-order valence-corrected chi connectivity index (χ2v) is 4.39. The third kappa shape index (κ3) is 2.39. The minimum Gasteiger partial charge on any atom is -0.211 e. The van der Waals surface area contributed by atoms with Gasteiger partial charge in [-0.15, -0.1) is 0 Å². The first-order valence-corrected chi connectivity index (χ1v) is 4.78. The van der Waals surface area contributed by atoms with Crippen molar-refractivity contribution in [1.82, 2.24) is 0 Å². The van der Waals surface area contributed by atoms with Crippen molar-refractivity contribution in [2.75, 3.05) is 0 Å². The number of alkyl halides is 1. The second kappa shape index (κ2) is 4.09. The zero-order valence-corrected chi connectivity index (χ0v) is 7.87. The maximum Gasteiger partial charge on any atom is 0.235 e. The van der Waals surface area contributed by atoms with Crippen molar-refractivity contribution in [2.24, 2.45) is 4.99 Å². The van der Waals surface area contributed by atoms with E-state index in [1.54, 1.807) is 6.08 Å². The van der Waals surface area contributed by atoms with E-state index in [0.717, 1.165) is 16.8 Å². The fraction of sp³-hybridized carbons (Fsp3) is 0.857. The zero-order valence-electron chi connectivity index (χ0n) is 5.72. The lowest BCUT2D eigenvalue weighted by Gasteiger charge is -2.20. The number of isocyanates is 1. The van der Waals surface area contributed by atoms with E-state index in [0.29, 0.717) is 0 Å². The van der Waals surface area contributed by atoms with Crippen LogP contribution in [0, 0.1) is 0 Å². The summed E-state index contributed by atoms with van der Waals surface area (Å²) in [7, 11) is 0. The molecule has 0 heterocycles. The zero-order chi connectivity index (χ0) is 7.40. The molecule has 1 fully saturated rings. The quantitative estimate of drug-likeness (QED) is 0.303. The normalized spacial score (nSPS) is 32.9. The Bertz CT molecular complexity index is 146. The molecule has 1 aliphatic carbocycles. The number of aliphatic imine (C=N–C) groups is 1. The summed E-state index contributed by atoms with van der Waals surface area (Å²) in [5.74, 6) is 0. The highest BCUT2D eigenvalue weighted by atomic mass is 127. The molecule has 0 atom stereocenters. The Morgan fingerprint density at radius 3 is 2.40 bits per heavy atom. The number of carbonyl (C=O) groups excluding carboxylic acids is 1. The molecule has 3 heteroatoms. The van der Waals surface area contributed by atoms with E-state index in [1.165, 1.54) is 12.8 Å². The highest BCUT2D eigenvalue weighted by Crippen LogP contribution is 2.25. The Labute approximate surface area is 74.2 Å². The summed E-state index contributed by atoms with van der Waals surface area (Å²) in [5, 5.41) is 0. The smallest absolute Gasteiger partial charge is 0.211 e. The summed E-state index contributed by atoms with van der Waals surface area (Å²) >= 11 is 2.45. The summed E-state index contributed by atoms with van der Waals surface area (Å²) in [4.78, 5) is 13.6. The van der Waals surface area contributed by atoms with Crippen LogP contribution < -0.4 is 0 Å². The number of halogens is 1. The Hall–Kier alpha value is 0.110. The Balaban J connectivity index is 2.32. The molecule has 0 radical (unpaired) electrons. The molecule has 10 heavy (non-hydrogen) atoms. The van der Waals surface area contributed by atoms with Crippen LogP contribution in [0.5, 0.6) is 0 Å². The van der Waals surface area contributed by atoms with Crippen molar-refractivity contribution in [2.45, 2.75) is 35.6 Å². The lowest BCUT2D eigenvalue weighted by atomic mass is 9.96. The SMILES string of the molecule is O=C=NC1CCC(I)CC1. The molecule has 1 rings (SSSR count). The molecular weight excluding hydrogens is 241 g/mol. The number of hydrogen-bond acceptors (Lipinski definition) is 2. The summed E-state index contributed by atoms with van der Waals surface area (Å²) in [5.41, 5.74) is 0. The number of hydrogen-bond donors (Lipinski definition) is 0. The molecule has 0 unspecified atom stereocenters. The molecule has 0 aliphatic heterocycles. The Morgan fingerprint density at radius 1 is 1.30 bits per heavy atom. The topological polar surface area (TPSA) is 29.4 Å². The molecule has 0 aromatic carbocycles. The summed E-state index contributed by atoms with van der Waals surface area (Å²) < 4.78 is 0.802. The largest absolute Gasteiger partial charge is 0.235 e. The lowest BCUT2D eigenvalue weighted by Crippen LogP contribution is -2.16. The van der Waals surface area contributed by atoms with E-state index in [-0.39, 0.29) is 6.04 Å². The van der Waals surface area contributed by atoms with Gasteiger partial charge in [-0.05, 0) is 25.7 Å². The first-order valence-electron chi connectivity index (χ1n) is 3.54. The van der Waals surface area contributed by atoms with Crippen LogP contribution in [-0.4, -0.2) is 16.0 Å². The van der Waals surface area contributed by atoms with Crippen molar-refractivity contribution < 1.29 is 4.79 Å². The van der Waals surface area contributed by atoms with E-state index in [4.69, 9.17) is 0 Å². The molecular formula is C7H10INO. The predicted molar refractivity (Wildman–Crippen MR) is 48.2 cm³/mol. The van der Waals surface area contributed by atoms with Crippen molar-refractivity contribution >= 4 is 28.7 Å². The predicted octanol–water partition coefficient (Wildman–Crippen LogP) is 2.07. The highest BCUT2D eigenvalue weighted by molar-refractivity contribution is 14.1. The van der Waals surface area contributed by atoms with Crippen molar-refractivity contribution in [3.63, 3.8) is 0 Å².